The molecule has 2 N–H and O–H groups in total. The summed E-state index contributed by atoms with van der Waals surface area (Å²) in [6.45, 7) is 5.63. The molecule has 5 rings (SSSR count). The maximum atomic E-state index is 15.2. The number of aliphatic hydroxyl groups is 1. The lowest BCUT2D eigenvalue weighted by molar-refractivity contribution is 0.111. The van der Waals surface area contributed by atoms with Gasteiger partial charge in [-0.3, -0.25) is 0 Å². The van der Waals surface area contributed by atoms with Crippen molar-refractivity contribution in [1.29, 1.82) is 0 Å². The second kappa shape index (κ2) is 10.3. The minimum absolute atomic E-state index is 0.222. The van der Waals surface area contributed by atoms with Crippen molar-refractivity contribution in [3.05, 3.63) is 36.4 Å². The van der Waals surface area contributed by atoms with E-state index in [0.29, 0.717) is 37.9 Å². The molecule has 1 aromatic carbocycles. The number of ether oxygens (including phenoxy) is 1. The van der Waals surface area contributed by atoms with Gasteiger partial charge in [0.05, 0.1) is 25.0 Å². The molecule has 1 aliphatic heterocycles. The Morgan fingerprint density at radius 1 is 1.18 bits per heavy atom. The third kappa shape index (κ3) is 4.74. The van der Waals surface area contributed by atoms with Gasteiger partial charge in [-0.2, -0.15) is 4.98 Å². The highest BCUT2D eigenvalue weighted by atomic mass is 19.1. The Balaban J connectivity index is 1.52. The van der Waals surface area contributed by atoms with Gasteiger partial charge in [-0.1, -0.05) is 19.4 Å². The standard InChI is InChI=1S/C26H34FN5O2/c1-2-3-10-28-26-29-16-21-22(17-32(25(21)30-26)19-5-7-20(33)8-6-19)18-4-9-24(23(27)15-18)31-11-13-34-14-12-31/h4,9,15-17,19-20,33H,2-3,5-8,10-14H2,1H3,(H,28,29,30). The molecule has 0 unspecified atom stereocenters. The van der Waals surface area contributed by atoms with Gasteiger partial charge < -0.3 is 24.6 Å². The molecule has 0 bridgehead atoms. The molecule has 0 atom stereocenters. The van der Waals surface area contributed by atoms with E-state index in [-0.39, 0.29) is 18.0 Å². The number of benzene rings is 1. The van der Waals surface area contributed by atoms with Gasteiger partial charge in [-0.25, -0.2) is 9.37 Å². The van der Waals surface area contributed by atoms with Crippen LogP contribution in [0.15, 0.2) is 30.6 Å². The summed E-state index contributed by atoms with van der Waals surface area (Å²) in [5, 5.41) is 14.2. The summed E-state index contributed by atoms with van der Waals surface area (Å²) in [7, 11) is 0. The third-order valence-corrected chi connectivity index (χ3v) is 7.06. The number of fused-ring (bicyclic) bond motifs is 1. The fraction of sp³-hybridized carbons (Fsp3) is 0.538. The van der Waals surface area contributed by atoms with Gasteiger partial charge in [0.2, 0.25) is 5.95 Å². The lowest BCUT2D eigenvalue weighted by Crippen LogP contribution is -2.36. The Hall–Kier alpha value is -2.71. The van der Waals surface area contributed by atoms with E-state index in [4.69, 9.17) is 9.72 Å². The molecule has 2 aromatic heterocycles. The summed E-state index contributed by atoms with van der Waals surface area (Å²) in [5.41, 5.74) is 3.25. The highest BCUT2D eigenvalue weighted by Crippen LogP contribution is 2.37. The van der Waals surface area contributed by atoms with Crippen LogP contribution in [-0.4, -0.2) is 58.6 Å². The van der Waals surface area contributed by atoms with E-state index in [9.17, 15) is 5.11 Å². The summed E-state index contributed by atoms with van der Waals surface area (Å²) >= 11 is 0. The first-order valence-electron chi connectivity index (χ1n) is 12.6. The average molecular weight is 468 g/mol. The van der Waals surface area contributed by atoms with Crippen LogP contribution in [0.25, 0.3) is 22.2 Å². The molecule has 8 heteroatoms. The van der Waals surface area contributed by atoms with Gasteiger partial charge in [-0.05, 0) is 49.8 Å². The van der Waals surface area contributed by atoms with Gasteiger partial charge >= 0.3 is 0 Å². The number of aromatic nitrogens is 3. The van der Waals surface area contributed by atoms with Crippen molar-refractivity contribution in [2.24, 2.45) is 0 Å². The maximum Gasteiger partial charge on any atom is 0.224 e. The van der Waals surface area contributed by atoms with Crippen molar-refractivity contribution in [1.82, 2.24) is 14.5 Å². The minimum atomic E-state index is -0.222. The SMILES string of the molecule is CCCCNc1ncc2c(-c3ccc(N4CCOCC4)c(F)c3)cn(C3CCC(O)CC3)c2n1. The zero-order chi connectivity index (χ0) is 23.5. The normalized spacial score (nSPS) is 21.2. The second-order valence-electron chi connectivity index (χ2n) is 9.39. The van der Waals surface area contributed by atoms with Crippen LogP contribution < -0.4 is 10.2 Å². The van der Waals surface area contributed by atoms with Crippen molar-refractivity contribution < 1.29 is 14.2 Å². The van der Waals surface area contributed by atoms with Crippen molar-refractivity contribution in [3.8, 4) is 11.1 Å². The summed E-state index contributed by atoms with van der Waals surface area (Å²) < 4.78 is 22.8. The largest absolute Gasteiger partial charge is 0.393 e. The number of anilines is 2. The fourth-order valence-corrected chi connectivity index (χ4v) is 5.07. The van der Waals surface area contributed by atoms with Crippen LogP contribution in [0.5, 0.6) is 0 Å². The highest BCUT2D eigenvalue weighted by Gasteiger charge is 2.25. The number of aliphatic hydroxyl groups excluding tert-OH is 1. The maximum absolute atomic E-state index is 15.2. The molecule has 3 aromatic rings. The lowest BCUT2D eigenvalue weighted by atomic mass is 9.93. The molecule has 0 amide bonds. The number of halogens is 1. The molecule has 2 fully saturated rings. The van der Waals surface area contributed by atoms with E-state index in [1.165, 1.54) is 0 Å². The van der Waals surface area contributed by atoms with Crippen LogP contribution in [-0.2, 0) is 4.74 Å². The van der Waals surface area contributed by atoms with Crippen LogP contribution in [0.2, 0.25) is 0 Å². The van der Waals surface area contributed by atoms with E-state index in [0.717, 1.165) is 67.2 Å². The van der Waals surface area contributed by atoms with Crippen molar-refractivity contribution in [3.63, 3.8) is 0 Å². The predicted octanol–water partition coefficient (Wildman–Crippen LogP) is 4.76. The molecule has 0 radical (unpaired) electrons. The number of nitrogens with zero attached hydrogens (tertiary/aromatic N) is 4. The third-order valence-electron chi connectivity index (χ3n) is 7.06. The van der Waals surface area contributed by atoms with Gasteiger partial charge in [0, 0.05) is 49.0 Å². The molecule has 1 saturated carbocycles. The van der Waals surface area contributed by atoms with Gasteiger partial charge in [0.1, 0.15) is 11.5 Å². The Bertz CT molecular complexity index is 1120. The Labute approximate surface area is 200 Å². The van der Waals surface area contributed by atoms with Crippen molar-refractivity contribution >= 4 is 22.7 Å². The topological polar surface area (TPSA) is 75.4 Å². The summed E-state index contributed by atoms with van der Waals surface area (Å²) in [6, 6.07) is 5.75. The second-order valence-corrected chi connectivity index (χ2v) is 9.39. The Kier molecular flexibility index (Phi) is 6.97. The number of rotatable bonds is 7. The van der Waals surface area contributed by atoms with E-state index in [1.807, 2.05) is 23.2 Å². The highest BCUT2D eigenvalue weighted by molar-refractivity contribution is 5.94. The van der Waals surface area contributed by atoms with E-state index in [2.05, 4.69) is 28.0 Å². The molecular formula is C26H34FN5O2. The minimum Gasteiger partial charge on any atom is -0.393 e. The van der Waals surface area contributed by atoms with E-state index >= 15 is 4.39 Å². The first-order valence-corrected chi connectivity index (χ1v) is 12.6. The number of hydrogen-bond acceptors (Lipinski definition) is 6. The average Bonchev–Trinajstić information content (AvgIpc) is 3.24. The summed E-state index contributed by atoms with van der Waals surface area (Å²) in [6.07, 6.45) is 9.27. The molecule has 34 heavy (non-hydrogen) atoms. The molecule has 182 valence electrons. The fourth-order valence-electron chi connectivity index (χ4n) is 5.07. The molecule has 3 heterocycles. The first kappa shape index (κ1) is 23.1. The van der Waals surface area contributed by atoms with Gasteiger partial charge in [0.25, 0.3) is 0 Å². The van der Waals surface area contributed by atoms with Crippen LogP contribution in [0.1, 0.15) is 51.5 Å². The van der Waals surface area contributed by atoms with Crippen LogP contribution in [0, 0.1) is 5.82 Å². The molecular weight excluding hydrogens is 433 g/mol. The zero-order valence-electron chi connectivity index (χ0n) is 19.8. The first-order chi connectivity index (χ1) is 16.6. The van der Waals surface area contributed by atoms with Crippen molar-refractivity contribution in [2.45, 2.75) is 57.6 Å². The number of unbranched alkanes of at least 4 members (excludes halogenated alkanes) is 1. The van der Waals surface area contributed by atoms with Crippen LogP contribution >= 0.6 is 0 Å². The molecule has 2 aliphatic rings. The van der Waals surface area contributed by atoms with Gasteiger partial charge in [0.15, 0.2) is 0 Å². The Morgan fingerprint density at radius 2 is 1.97 bits per heavy atom. The summed E-state index contributed by atoms with van der Waals surface area (Å²) in [5.74, 6) is 0.399. The Morgan fingerprint density at radius 3 is 2.71 bits per heavy atom. The molecule has 7 nitrogen and oxygen atoms in total. The number of morpholine rings is 1. The van der Waals surface area contributed by atoms with Crippen LogP contribution in [0.3, 0.4) is 0 Å². The van der Waals surface area contributed by atoms with E-state index < -0.39 is 0 Å². The predicted molar refractivity (Wildman–Crippen MR) is 133 cm³/mol. The van der Waals surface area contributed by atoms with Crippen LogP contribution in [0.4, 0.5) is 16.0 Å². The van der Waals surface area contributed by atoms with Crippen molar-refractivity contribution in [2.75, 3.05) is 43.1 Å². The quantitative estimate of drug-likeness (QED) is 0.488. The number of nitrogens with one attached hydrogen (secondary N) is 1. The smallest absolute Gasteiger partial charge is 0.224 e. The molecule has 0 spiro atoms. The number of hydrogen-bond donors (Lipinski definition) is 2. The van der Waals surface area contributed by atoms with Gasteiger partial charge in [-0.15, -0.1) is 0 Å². The molecule has 1 saturated heterocycles. The zero-order valence-corrected chi connectivity index (χ0v) is 19.8. The molecule has 1 aliphatic carbocycles. The lowest BCUT2D eigenvalue weighted by Gasteiger charge is -2.29. The van der Waals surface area contributed by atoms with E-state index in [1.54, 1.807) is 6.07 Å². The summed E-state index contributed by atoms with van der Waals surface area (Å²) in [4.78, 5) is 11.5. The monoisotopic (exact) mass is 467 g/mol.